The first kappa shape index (κ1) is 33.9. The zero-order valence-corrected chi connectivity index (χ0v) is 23.5. The van der Waals surface area contributed by atoms with Gasteiger partial charge < -0.3 is 29.6 Å². The first-order valence-electron chi connectivity index (χ1n) is 13.8. The van der Waals surface area contributed by atoms with E-state index in [9.17, 15) is 33.9 Å². The Morgan fingerprint density at radius 3 is 2.40 bits per heavy atom. The molecule has 12 nitrogen and oxygen atoms in total. The summed E-state index contributed by atoms with van der Waals surface area (Å²) in [4.78, 5) is 13.3. The van der Waals surface area contributed by atoms with Gasteiger partial charge >= 0.3 is 6.18 Å². The quantitative estimate of drug-likeness (QED) is 0.189. The van der Waals surface area contributed by atoms with Gasteiger partial charge in [-0.05, 0) is 43.0 Å². The van der Waals surface area contributed by atoms with Crippen molar-refractivity contribution in [3.63, 3.8) is 0 Å². The van der Waals surface area contributed by atoms with E-state index in [2.05, 4.69) is 15.0 Å². The predicted octanol–water partition coefficient (Wildman–Crippen LogP) is 5.96. The van der Waals surface area contributed by atoms with Gasteiger partial charge in [-0.1, -0.05) is 12.1 Å². The van der Waals surface area contributed by atoms with E-state index in [4.69, 9.17) is 18.9 Å². The van der Waals surface area contributed by atoms with Gasteiger partial charge in [0.15, 0.2) is 5.79 Å². The average molecular weight is 610 g/mol. The molecule has 0 saturated carbocycles. The number of nitro benzene ring substituents is 1. The highest BCUT2D eigenvalue weighted by atomic mass is 19.4. The average Bonchev–Trinajstić information content (AvgIpc) is 2.96. The van der Waals surface area contributed by atoms with Crippen LogP contribution >= 0.6 is 0 Å². The van der Waals surface area contributed by atoms with Crippen molar-refractivity contribution in [2.75, 3.05) is 46.2 Å². The molecule has 2 aromatic rings. The molecule has 43 heavy (non-hydrogen) atoms. The molecule has 3 rings (SSSR count). The van der Waals surface area contributed by atoms with Crippen LogP contribution in [0.2, 0.25) is 0 Å². The van der Waals surface area contributed by atoms with Crippen LogP contribution in [0.5, 0.6) is 0 Å². The lowest BCUT2D eigenvalue weighted by Crippen LogP contribution is -2.41. The monoisotopic (exact) mass is 609 g/mol. The number of hydrogen-bond donors (Lipinski definition) is 1. The molecular formula is C28H34F3N5O7. The van der Waals surface area contributed by atoms with Crippen molar-refractivity contribution in [1.29, 1.82) is 0 Å². The van der Waals surface area contributed by atoms with E-state index in [1.165, 1.54) is 12.1 Å². The maximum Gasteiger partial charge on any atom is 0.418 e. The number of benzene rings is 2. The highest BCUT2D eigenvalue weighted by Crippen LogP contribution is 2.39. The molecule has 1 atom stereocenters. The van der Waals surface area contributed by atoms with Gasteiger partial charge in [-0.15, -0.1) is 5.11 Å². The molecule has 1 aliphatic heterocycles. The molecule has 0 bridgehead atoms. The number of alkyl halides is 3. The van der Waals surface area contributed by atoms with E-state index in [0.717, 1.165) is 31.4 Å². The number of hydrogen-bond acceptors (Lipinski definition) is 9. The Kier molecular flexibility index (Phi) is 13.3. The molecule has 0 spiro atoms. The standard InChI is InChI=1S/C28H34F3N5O7/c29-28(30,31)25-18-24(36(38)39)7-8-26(25)35-34-23-6-4-5-21(17-23)19-27(37)20-42-12-3-1-2-11-40-15-16-41-13-9-22(33-32)10-14-43-27/h4-8,17-18,37H,1-3,9-16,19-20H2. The van der Waals surface area contributed by atoms with E-state index >= 15 is 0 Å². The Hall–Kier alpha value is -3.59. The molecule has 0 aliphatic carbocycles. The number of aliphatic hydroxyl groups is 1. The fourth-order valence-electron chi connectivity index (χ4n) is 4.17. The second kappa shape index (κ2) is 16.9. The molecule has 0 aromatic heterocycles. The lowest BCUT2D eigenvalue weighted by Gasteiger charge is -2.28. The zero-order chi connectivity index (χ0) is 31.1. The number of nitrogens with zero attached hydrogens (tertiary/aromatic N) is 5. The van der Waals surface area contributed by atoms with Crippen LogP contribution in [0.4, 0.5) is 30.2 Å². The third kappa shape index (κ3) is 11.9. The summed E-state index contributed by atoms with van der Waals surface area (Å²) in [6, 6.07) is 8.50. The minimum atomic E-state index is -4.88. The van der Waals surface area contributed by atoms with Crippen LogP contribution in [0, 0.1) is 10.1 Å². The molecule has 1 fully saturated rings. The van der Waals surface area contributed by atoms with E-state index in [0.29, 0.717) is 56.8 Å². The van der Waals surface area contributed by atoms with Crippen LogP contribution in [0.15, 0.2) is 52.7 Å². The third-order valence-corrected chi connectivity index (χ3v) is 6.38. The van der Waals surface area contributed by atoms with Gasteiger partial charge in [-0.3, -0.25) is 10.1 Å². The molecule has 234 valence electrons. The van der Waals surface area contributed by atoms with Gasteiger partial charge in [0.25, 0.3) is 11.4 Å². The number of non-ortho nitro benzene ring substituents is 1. The summed E-state index contributed by atoms with van der Waals surface area (Å²) in [5, 5.41) is 29.9. The topological polar surface area (TPSA) is 161 Å². The highest BCUT2D eigenvalue weighted by molar-refractivity contribution is 5.79. The van der Waals surface area contributed by atoms with E-state index in [1.54, 1.807) is 12.1 Å². The first-order chi connectivity index (χ1) is 20.6. The van der Waals surface area contributed by atoms with Crippen molar-refractivity contribution in [3.8, 4) is 0 Å². The number of azo groups is 1. The molecule has 1 saturated heterocycles. The summed E-state index contributed by atoms with van der Waals surface area (Å²) in [6.45, 7) is 2.06. The third-order valence-electron chi connectivity index (χ3n) is 6.38. The van der Waals surface area contributed by atoms with Crippen molar-refractivity contribution in [2.24, 2.45) is 10.2 Å². The Balaban J connectivity index is 1.74. The Morgan fingerprint density at radius 2 is 1.67 bits per heavy atom. The Morgan fingerprint density at radius 1 is 0.953 bits per heavy atom. The fraction of sp³-hybridized carbons (Fsp3) is 0.536. The van der Waals surface area contributed by atoms with Gasteiger partial charge in [0.05, 0.1) is 61.1 Å². The molecule has 1 unspecified atom stereocenters. The van der Waals surface area contributed by atoms with Crippen molar-refractivity contribution in [1.82, 2.24) is 0 Å². The van der Waals surface area contributed by atoms with Crippen LogP contribution in [-0.4, -0.2) is 72.6 Å². The molecule has 1 aliphatic rings. The smallest absolute Gasteiger partial charge is 0.379 e. The van der Waals surface area contributed by atoms with E-state index in [-0.39, 0.29) is 31.7 Å². The van der Waals surface area contributed by atoms with Gasteiger partial charge in [0.2, 0.25) is 0 Å². The number of rotatable bonds is 5. The predicted molar refractivity (Wildman–Crippen MR) is 147 cm³/mol. The van der Waals surface area contributed by atoms with Gasteiger partial charge in [0, 0.05) is 31.8 Å². The van der Waals surface area contributed by atoms with Crippen molar-refractivity contribution < 1.29 is 46.9 Å². The highest BCUT2D eigenvalue weighted by Gasteiger charge is 2.35. The SMILES string of the molecule is [N-]=[N+]=C1CCOCCOCCCCCOCC(O)(Cc2cccc(N=Nc3ccc([N+](=O)[O-])cc3C(F)(F)F)c2)OCC1. The number of ether oxygens (including phenoxy) is 4. The Bertz CT molecular complexity index is 1290. The lowest BCUT2D eigenvalue weighted by atomic mass is 10.0. The van der Waals surface area contributed by atoms with Crippen LogP contribution in [-0.2, 0) is 31.5 Å². The molecule has 1 N–H and O–H groups in total. The van der Waals surface area contributed by atoms with Crippen LogP contribution in [0.25, 0.3) is 5.53 Å². The van der Waals surface area contributed by atoms with Gasteiger partial charge in [0.1, 0.15) is 6.61 Å². The number of nitro groups is 1. The molecule has 1 heterocycles. The lowest BCUT2D eigenvalue weighted by molar-refractivity contribution is -0.385. The Labute approximate surface area is 246 Å². The van der Waals surface area contributed by atoms with Gasteiger partial charge in [-0.25, -0.2) is 0 Å². The summed E-state index contributed by atoms with van der Waals surface area (Å²) in [6.07, 6.45) is -1.88. The van der Waals surface area contributed by atoms with Gasteiger partial charge in [-0.2, -0.15) is 23.1 Å². The largest absolute Gasteiger partial charge is 0.418 e. The molecular weight excluding hydrogens is 575 g/mol. The van der Waals surface area contributed by atoms with Crippen molar-refractivity contribution in [2.45, 2.75) is 50.5 Å². The minimum absolute atomic E-state index is 0.0160. The normalized spacial score (nSPS) is 20.7. The fourth-order valence-corrected chi connectivity index (χ4v) is 4.17. The van der Waals surface area contributed by atoms with Crippen LogP contribution in [0.1, 0.15) is 43.2 Å². The number of halogens is 3. The summed E-state index contributed by atoms with van der Waals surface area (Å²) < 4.78 is 63.0. The van der Waals surface area contributed by atoms with E-state index < -0.39 is 33.8 Å². The molecule has 0 amide bonds. The van der Waals surface area contributed by atoms with Crippen LogP contribution in [0.3, 0.4) is 0 Å². The van der Waals surface area contributed by atoms with Crippen LogP contribution < -0.4 is 0 Å². The molecule has 0 radical (unpaired) electrons. The second-order valence-corrected chi connectivity index (χ2v) is 9.80. The first-order valence-corrected chi connectivity index (χ1v) is 13.8. The summed E-state index contributed by atoms with van der Waals surface area (Å²) in [5.41, 5.74) is 7.89. The maximum absolute atomic E-state index is 13.5. The van der Waals surface area contributed by atoms with Crippen molar-refractivity contribution in [3.05, 3.63) is 69.2 Å². The zero-order valence-electron chi connectivity index (χ0n) is 23.5. The van der Waals surface area contributed by atoms with E-state index in [1.807, 2.05) is 0 Å². The molecule has 2 aromatic carbocycles. The second-order valence-electron chi connectivity index (χ2n) is 9.80. The maximum atomic E-state index is 13.5. The van der Waals surface area contributed by atoms with Crippen molar-refractivity contribution >= 4 is 22.8 Å². The summed E-state index contributed by atoms with van der Waals surface area (Å²) in [7, 11) is 0. The summed E-state index contributed by atoms with van der Waals surface area (Å²) >= 11 is 0. The molecule has 15 heteroatoms. The summed E-state index contributed by atoms with van der Waals surface area (Å²) in [5.74, 6) is -1.77. The minimum Gasteiger partial charge on any atom is -0.379 e.